The zero-order valence-electron chi connectivity index (χ0n) is 7.46. The minimum atomic E-state index is -0.939. The van der Waals surface area contributed by atoms with Crippen molar-refractivity contribution in [3.05, 3.63) is 34.9 Å². The molecule has 70 valence electrons. The van der Waals surface area contributed by atoms with Crippen LogP contribution in [0, 0.1) is 0 Å². The van der Waals surface area contributed by atoms with Gasteiger partial charge in [0.1, 0.15) is 12.8 Å². The molecule has 0 saturated carbocycles. The maximum atomic E-state index is 12.2. The first-order chi connectivity index (χ1) is 6.31. The minimum absolute atomic E-state index is 0.696. The third kappa shape index (κ3) is 1.59. The summed E-state index contributed by atoms with van der Waals surface area (Å²) in [6.07, 6.45) is 2.44. The number of alkyl halides is 1. The van der Waals surface area contributed by atoms with E-state index in [9.17, 15) is 9.50 Å². The van der Waals surface area contributed by atoms with Gasteiger partial charge in [-0.2, -0.15) is 0 Å². The highest BCUT2D eigenvalue weighted by Gasteiger charge is 2.13. The Morgan fingerprint density at radius 2 is 2.08 bits per heavy atom. The van der Waals surface area contributed by atoms with Crippen LogP contribution in [0.5, 0.6) is 0 Å². The molecule has 0 aliphatic heterocycles. The van der Waals surface area contributed by atoms with E-state index in [0.29, 0.717) is 5.56 Å². The first kappa shape index (κ1) is 8.70. The summed E-state index contributed by atoms with van der Waals surface area (Å²) in [6, 6.07) is 5.78. The van der Waals surface area contributed by atoms with E-state index in [1.165, 1.54) is 17.5 Å². The van der Waals surface area contributed by atoms with Gasteiger partial charge < -0.3 is 5.11 Å². The maximum absolute atomic E-state index is 12.2. The maximum Gasteiger partial charge on any atom is 0.119 e. The summed E-state index contributed by atoms with van der Waals surface area (Å²) >= 11 is 0. The van der Waals surface area contributed by atoms with Crippen LogP contribution in [0.25, 0.3) is 0 Å². The van der Waals surface area contributed by atoms with Crippen LogP contribution < -0.4 is 0 Å². The van der Waals surface area contributed by atoms with Crippen molar-refractivity contribution < 1.29 is 9.50 Å². The van der Waals surface area contributed by atoms with E-state index in [0.717, 1.165) is 12.8 Å². The second kappa shape index (κ2) is 3.46. The van der Waals surface area contributed by atoms with E-state index in [2.05, 4.69) is 0 Å². The highest BCUT2D eigenvalue weighted by molar-refractivity contribution is 5.36. The van der Waals surface area contributed by atoms with Crippen LogP contribution in [0.15, 0.2) is 18.2 Å². The number of aliphatic hydroxyl groups is 1. The molecule has 13 heavy (non-hydrogen) atoms. The van der Waals surface area contributed by atoms with Crippen LogP contribution in [0.3, 0.4) is 0 Å². The topological polar surface area (TPSA) is 20.2 Å². The van der Waals surface area contributed by atoms with Gasteiger partial charge in [0.2, 0.25) is 0 Å². The molecule has 1 aliphatic carbocycles. The molecule has 2 heteroatoms. The van der Waals surface area contributed by atoms with Gasteiger partial charge in [-0.1, -0.05) is 18.2 Å². The SMILES string of the molecule is OC(CF)c1ccc2c(c1)CCC2. The monoisotopic (exact) mass is 180 g/mol. The minimum Gasteiger partial charge on any atom is -0.386 e. The fraction of sp³-hybridized carbons (Fsp3) is 0.455. The van der Waals surface area contributed by atoms with Gasteiger partial charge in [0, 0.05) is 0 Å². The van der Waals surface area contributed by atoms with E-state index in [1.54, 1.807) is 0 Å². The Balaban J connectivity index is 2.30. The van der Waals surface area contributed by atoms with Gasteiger partial charge in [0.05, 0.1) is 0 Å². The number of halogens is 1. The molecular weight excluding hydrogens is 167 g/mol. The van der Waals surface area contributed by atoms with Crippen molar-refractivity contribution in [1.82, 2.24) is 0 Å². The van der Waals surface area contributed by atoms with Crippen molar-refractivity contribution in [2.45, 2.75) is 25.4 Å². The average molecular weight is 180 g/mol. The fourth-order valence-electron chi connectivity index (χ4n) is 1.89. The number of fused-ring (bicyclic) bond motifs is 1. The van der Waals surface area contributed by atoms with Crippen LogP contribution in [-0.2, 0) is 12.8 Å². The van der Waals surface area contributed by atoms with Crippen LogP contribution in [-0.4, -0.2) is 11.8 Å². The molecule has 1 N–H and O–H groups in total. The molecule has 0 bridgehead atoms. The highest BCUT2D eigenvalue weighted by Crippen LogP contribution is 2.25. The lowest BCUT2D eigenvalue weighted by molar-refractivity contribution is 0.141. The molecule has 1 aromatic rings. The summed E-state index contributed by atoms with van der Waals surface area (Å²) in [6.45, 7) is -0.696. The van der Waals surface area contributed by atoms with Crippen LogP contribution in [0.1, 0.15) is 29.2 Å². The highest BCUT2D eigenvalue weighted by atomic mass is 19.1. The summed E-state index contributed by atoms with van der Waals surface area (Å²) in [5, 5.41) is 9.29. The van der Waals surface area contributed by atoms with E-state index in [1.807, 2.05) is 18.2 Å². The Morgan fingerprint density at radius 3 is 2.85 bits per heavy atom. The number of aliphatic hydroxyl groups excluding tert-OH is 1. The van der Waals surface area contributed by atoms with E-state index < -0.39 is 12.8 Å². The standard InChI is InChI=1S/C11H13FO/c12-7-11(13)10-5-4-8-2-1-3-9(8)6-10/h4-6,11,13H,1-3,7H2. The van der Waals surface area contributed by atoms with Crippen LogP contribution in [0.2, 0.25) is 0 Å². The Kier molecular flexibility index (Phi) is 2.32. The lowest BCUT2D eigenvalue weighted by atomic mass is 10.0. The first-order valence-electron chi connectivity index (χ1n) is 4.67. The van der Waals surface area contributed by atoms with E-state index in [-0.39, 0.29) is 0 Å². The number of hydrogen-bond donors (Lipinski definition) is 1. The molecule has 1 unspecified atom stereocenters. The predicted octanol–water partition coefficient (Wildman–Crippen LogP) is 2.18. The molecule has 1 aromatic carbocycles. The molecule has 0 amide bonds. The van der Waals surface area contributed by atoms with E-state index in [4.69, 9.17) is 0 Å². The Bertz CT molecular complexity index is 309. The molecule has 2 rings (SSSR count). The zero-order valence-corrected chi connectivity index (χ0v) is 7.46. The molecule has 0 fully saturated rings. The van der Waals surface area contributed by atoms with Gasteiger partial charge in [-0.05, 0) is 36.0 Å². The van der Waals surface area contributed by atoms with Gasteiger partial charge in [-0.25, -0.2) is 4.39 Å². The summed E-state index contributed by atoms with van der Waals surface area (Å²) in [7, 11) is 0. The predicted molar refractivity (Wildman–Crippen MR) is 49.4 cm³/mol. The fourth-order valence-corrected chi connectivity index (χ4v) is 1.89. The Morgan fingerprint density at radius 1 is 1.31 bits per heavy atom. The molecule has 0 spiro atoms. The number of benzene rings is 1. The first-order valence-corrected chi connectivity index (χ1v) is 4.67. The van der Waals surface area contributed by atoms with Crippen LogP contribution in [0.4, 0.5) is 4.39 Å². The number of aryl methyl sites for hydroxylation is 2. The summed E-state index contributed by atoms with van der Waals surface area (Å²) in [5.41, 5.74) is 3.35. The van der Waals surface area contributed by atoms with Crippen molar-refractivity contribution >= 4 is 0 Å². The normalized spacial score (nSPS) is 17.1. The molecule has 0 radical (unpaired) electrons. The average Bonchev–Trinajstić information content (AvgIpc) is 2.63. The van der Waals surface area contributed by atoms with Crippen LogP contribution >= 0.6 is 0 Å². The molecular formula is C11H13FO. The molecule has 1 atom stereocenters. The smallest absolute Gasteiger partial charge is 0.119 e. The van der Waals surface area contributed by atoms with Crippen molar-refractivity contribution in [2.24, 2.45) is 0 Å². The van der Waals surface area contributed by atoms with Gasteiger partial charge in [0.25, 0.3) is 0 Å². The van der Waals surface area contributed by atoms with E-state index >= 15 is 0 Å². The second-order valence-electron chi connectivity index (χ2n) is 3.55. The molecule has 0 aromatic heterocycles. The molecule has 1 nitrogen and oxygen atoms in total. The van der Waals surface area contributed by atoms with Gasteiger partial charge in [0.15, 0.2) is 0 Å². The van der Waals surface area contributed by atoms with Gasteiger partial charge in [-0.15, -0.1) is 0 Å². The van der Waals surface area contributed by atoms with Gasteiger partial charge >= 0.3 is 0 Å². The summed E-state index contributed by atoms with van der Waals surface area (Å²) in [4.78, 5) is 0. The third-order valence-corrected chi connectivity index (χ3v) is 2.65. The number of hydrogen-bond acceptors (Lipinski definition) is 1. The lowest BCUT2D eigenvalue weighted by Gasteiger charge is -2.08. The van der Waals surface area contributed by atoms with Crippen molar-refractivity contribution in [1.29, 1.82) is 0 Å². The Labute approximate surface area is 77.2 Å². The number of rotatable bonds is 2. The van der Waals surface area contributed by atoms with Crippen molar-refractivity contribution in [3.63, 3.8) is 0 Å². The Hall–Kier alpha value is -0.890. The summed E-state index contributed by atoms with van der Waals surface area (Å²) < 4.78 is 12.2. The summed E-state index contributed by atoms with van der Waals surface area (Å²) in [5.74, 6) is 0. The molecule has 1 aliphatic rings. The molecule has 0 saturated heterocycles. The second-order valence-corrected chi connectivity index (χ2v) is 3.55. The largest absolute Gasteiger partial charge is 0.386 e. The van der Waals surface area contributed by atoms with Crippen molar-refractivity contribution in [2.75, 3.05) is 6.67 Å². The lowest BCUT2D eigenvalue weighted by Crippen LogP contribution is -2.00. The van der Waals surface area contributed by atoms with Crippen molar-refractivity contribution in [3.8, 4) is 0 Å². The molecule has 0 heterocycles. The van der Waals surface area contributed by atoms with Gasteiger partial charge in [-0.3, -0.25) is 0 Å². The quantitative estimate of drug-likeness (QED) is 0.739. The zero-order chi connectivity index (χ0) is 9.26. The third-order valence-electron chi connectivity index (χ3n) is 2.65.